The molecule has 0 bridgehead atoms. The summed E-state index contributed by atoms with van der Waals surface area (Å²) in [6, 6.07) is -1.76. The quantitative estimate of drug-likeness (QED) is 0.0364. The van der Waals surface area contributed by atoms with E-state index in [4.69, 9.17) is 33.1 Å². The zero-order valence-electron chi connectivity index (χ0n) is 20.5. The first-order valence-electron chi connectivity index (χ1n) is 10.6. The first-order valence-corrected chi connectivity index (χ1v) is 11.8. The van der Waals surface area contributed by atoms with E-state index < -0.39 is 42.1 Å². The maximum atomic E-state index is 11.4. The summed E-state index contributed by atoms with van der Waals surface area (Å²) in [6.45, 7) is 1.74. The molecule has 0 fully saturated rings. The van der Waals surface area contributed by atoms with E-state index in [9.17, 15) is 28.8 Å². The van der Waals surface area contributed by atoms with Crippen LogP contribution in [0, 0.1) is 0 Å². The van der Waals surface area contributed by atoms with Crippen LogP contribution in [-0.4, -0.2) is 96.1 Å². The van der Waals surface area contributed by atoms with Gasteiger partial charge in [0.2, 0.25) is 11.8 Å². The molecule has 0 radical (unpaired) electrons. The van der Waals surface area contributed by atoms with Crippen LogP contribution in [0.5, 0.6) is 0 Å². The van der Waals surface area contributed by atoms with E-state index >= 15 is 0 Å². The number of rotatable bonds is 17. The van der Waals surface area contributed by atoms with Gasteiger partial charge >= 0.3 is 11.9 Å². The number of carbonyl (C=O) groups is 6. The van der Waals surface area contributed by atoms with Crippen LogP contribution in [0.1, 0.15) is 32.6 Å². The Morgan fingerprint density at radius 1 is 1.11 bits per heavy atom. The normalized spacial score (nSPS) is 11.8. The fourth-order valence-corrected chi connectivity index (χ4v) is 2.52. The summed E-state index contributed by atoms with van der Waals surface area (Å²) in [5.41, 5.74) is 24.4. The summed E-state index contributed by atoms with van der Waals surface area (Å²) >= 11 is 1.33. The van der Waals surface area contributed by atoms with Crippen LogP contribution in [0.2, 0.25) is 0 Å². The van der Waals surface area contributed by atoms with Gasteiger partial charge in [0.25, 0.3) is 0 Å². The molecule has 0 aromatic heterocycles. The lowest BCUT2D eigenvalue weighted by atomic mass is 10.1. The van der Waals surface area contributed by atoms with Gasteiger partial charge in [0.15, 0.2) is 0 Å². The highest BCUT2D eigenvalue weighted by molar-refractivity contribution is 7.99. The highest BCUT2D eigenvalue weighted by atomic mass is 32.2. The number of hydrazine groups is 1. The van der Waals surface area contributed by atoms with Crippen molar-refractivity contribution in [3.05, 3.63) is 0 Å². The molecule has 0 heterocycles. The number of nitrogens with two attached hydrogens (primary N) is 4. The average molecular weight is 541 g/mol. The third-order valence-electron chi connectivity index (χ3n) is 3.45. The first kappa shape index (κ1) is 37.9. The molecule has 2 atom stereocenters. The maximum Gasteiger partial charge on any atom is 0.320 e. The number of aldehydes is 2. The fraction of sp³-hybridized carbons (Fsp3) is 0.684. The van der Waals surface area contributed by atoms with E-state index in [-0.39, 0.29) is 30.9 Å². The molecule has 0 aliphatic heterocycles. The molecule has 14 N–H and O–H groups in total. The second-order valence-corrected chi connectivity index (χ2v) is 8.47. The molecule has 210 valence electrons. The molecular weight excluding hydrogens is 500 g/mol. The van der Waals surface area contributed by atoms with Gasteiger partial charge in [-0.25, -0.2) is 5.43 Å². The number of carboxylic acid groups (broad SMARTS) is 2. The van der Waals surface area contributed by atoms with Crippen LogP contribution in [0.3, 0.4) is 0 Å². The predicted molar refractivity (Wildman–Crippen MR) is 134 cm³/mol. The van der Waals surface area contributed by atoms with Gasteiger partial charge in [-0.15, -0.1) is 0 Å². The monoisotopic (exact) mass is 540 g/mol. The number of carbonyl (C=O) groups excluding carboxylic acids is 4. The summed E-state index contributed by atoms with van der Waals surface area (Å²) in [6.07, 6.45) is 1.93. The van der Waals surface area contributed by atoms with E-state index in [0.717, 1.165) is 6.29 Å². The number of thioether (sulfide) groups is 1. The van der Waals surface area contributed by atoms with E-state index in [1.54, 1.807) is 14.0 Å². The third kappa shape index (κ3) is 31.3. The highest BCUT2D eigenvalue weighted by Crippen LogP contribution is 2.03. The van der Waals surface area contributed by atoms with E-state index in [1.165, 1.54) is 11.8 Å². The molecule has 17 heteroatoms. The van der Waals surface area contributed by atoms with Gasteiger partial charge in [-0.1, -0.05) is 0 Å². The summed E-state index contributed by atoms with van der Waals surface area (Å²) in [5, 5.41) is 21.8. The molecule has 0 saturated carbocycles. The Morgan fingerprint density at radius 3 is 2.11 bits per heavy atom. The smallest absolute Gasteiger partial charge is 0.320 e. The maximum absolute atomic E-state index is 11.4. The van der Waals surface area contributed by atoms with Gasteiger partial charge in [-0.05, 0) is 20.4 Å². The van der Waals surface area contributed by atoms with Gasteiger partial charge in [0.1, 0.15) is 25.2 Å². The Balaban J connectivity index is -0.000000529. The van der Waals surface area contributed by atoms with Gasteiger partial charge in [-0.2, -0.15) is 11.8 Å². The summed E-state index contributed by atoms with van der Waals surface area (Å²) < 4.78 is 0. The number of amides is 2. The minimum Gasteiger partial charge on any atom is -0.480 e. The van der Waals surface area contributed by atoms with Gasteiger partial charge in [-0.3, -0.25) is 24.6 Å². The van der Waals surface area contributed by atoms with Crippen LogP contribution in [0.15, 0.2) is 0 Å². The molecule has 0 spiro atoms. The Bertz CT molecular complexity index is 662. The van der Waals surface area contributed by atoms with E-state index in [1.807, 2.05) is 0 Å². The molecule has 0 aromatic rings. The number of hydrogen-bond donors (Lipinski definition) is 10. The molecule has 0 aliphatic carbocycles. The molecule has 0 aliphatic rings. The molecule has 16 nitrogen and oxygen atoms in total. The number of aliphatic carboxylic acids is 2. The highest BCUT2D eigenvalue weighted by Gasteiger charge is 2.20. The van der Waals surface area contributed by atoms with Gasteiger partial charge < -0.3 is 53.4 Å². The largest absolute Gasteiger partial charge is 0.480 e. The second-order valence-electron chi connectivity index (χ2n) is 7.36. The molecule has 0 saturated heterocycles. The average Bonchev–Trinajstić information content (AvgIpc) is 2.79. The van der Waals surface area contributed by atoms with E-state index in [2.05, 4.69) is 21.5 Å². The third-order valence-corrected chi connectivity index (χ3v) is 4.45. The van der Waals surface area contributed by atoms with Crippen molar-refractivity contribution in [2.24, 2.45) is 22.9 Å². The first-order chi connectivity index (χ1) is 16.7. The zero-order valence-corrected chi connectivity index (χ0v) is 21.3. The minimum atomic E-state index is -1.18. The number of hydrogen-bond acceptors (Lipinski definition) is 13. The molecule has 0 rings (SSSR count). The van der Waals surface area contributed by atoms with Crippen LogP contribution in [-0.2, 0) is 28.8 Å². The Kier molecular flexibility index (Phi) is 25.3. The zero-order chi connectivity index (χ0) is 28.6. The Hall–Kier alpha value is -2.67. The predicted octanol–water partition coefficient (Wildman–Crippen LogP) is -3.98. The van der Waals surface area contributed by atoms with Crippen molar-refractivity contribution in [1.82, 2.24) is 21.5 Å². The summed E-state index contributed by atoms with van der Waals surface area (Å²) in [7, 11) is 1.81. The molecular formula is C19H40N8O8S. The van der Waals surface area contributed by atoms with Crippen molar-refractivity contribution in [3.63, 3.8) is 0 Å². The molecule has 2 amide bonds. The van der Waals surface area contributed by atoms with Gasteiger partial charge in [0.05, 0.1) is 17.5 Å². The van der Waals surface area contributed by atoms with Crippen molar-refractivity contribution in [2.75, 3.05) is 31.8 Å². The van der Waals surface area contributed by atoms with Gasteiger partial charge in [0, 0.05) is 31.7 Å². The minimum absolute atomic E-state index is 0.00405. The summed E-state index contributed by atoms with van der Waals surface area (Å²) in [5.74, 6) is -2.26. The Morgan fingerprint density at radius 2 is 1.69 bits per heavy atom. The van der Waals surface area contributed by atoms with Crippen LogP contribution >= 0.6 is 11.8 Å². The summed E-state index contributed by atoms with van der Waals surface area (Å²) in [4.78, 5) is 63.4. The topological polar surface area (TPSA) is 295 Å². The van der Waals surface area contributed by atoms with Crippen molar-refractivity contribution in [1.29, 1.82) is 0 Å². The lowest BCUT2D eigenvalue weighted by Crippen LogP contribution is -2.52. The molecule has 2 unspecified atom stereocenters. The fourth-order valence-electron chi connectivity index (χ4n) is 1.84. The van der Waals surface area contributed by atoms with Crippen LogP contribution in [0.25, 0.3) is 0 Å². The lowest BCUT2D eigenvalue weighted by molar-refractivity contribution is -0.139. The Labute approximate surface area is 214 Å². The van der Waals surface area contributed by atoms with Crippen molar-refractivity contribution in [3.8, 4) is 0 Å². The van der Waals surface area contributed by atoms with Crippen molar-refractivity contribution in [2.45, 2.75) is 50.4 Å². The lowest BCUT2D eigenvalue weighted by Gasteiger charge is -2.22. The van der Waals surface area contributed by atoms with Crippen LogP contribution < -0.4 is 44.4 Å². The second kappa shape index (κ2) is 24.0. The standard InChI is InChI=1S/C10H19N3O3S.C7H13N3O5.C2H8N2/c1-10(11,12)5-8(6-15)13-9(16)7-17-4-2-3-14;8-4(7(14)15)1-2-5(11)10-9-3-6(12)13;1-4-2-3/h3,6,8H,2,4-5,7,11-12H2,1H3,(H,13,16);4,9H,1-3,8H2,(H,10,11)(H,12,13)(H,14,15);4H,2-3H2,1H3. The molecule has 36 heavy (non-hydrogen) atoms. The van der Waals surface area contributed by atoms with Crippen molar-refractivity contribution < 1.29 is 39.0 Å². The number of nitrogens with one attached hydrogen (secondary N) is 4. The van der Waals surface area contributed by atoms with Crippen LogP contribution in [0.4, 0.5) is 0 Å². The van der Waals surface area contributed by atoms with Crippen molar-refractivity contribution >= 4 is 48.1 Å². The molecule has 0 aromatic carbocycles. The van der Waals surface area contributed by atoms with E-state index in [0.29, 0.717) is 25.1 Å². The SMILES string of the molecule is CC(N)(N)CC(C=O)NC(=O)CSCCC=O.CNCN.NC(CCC(=O)NNCC(=O)O)C(=O)O. The number of carboxylic acids is 2.